The molecule has 0 unspecified atom stereocenters. The number of carbonyl (C=O) groups is 1. The summed E-state index contributed by atoms with van der Waals surface area (Å²) in [4.78, 5) is 10.8. The van der Waals surface area contributed by atoms with Gasteiger partial charge in [0.2, 0.25) is 0 Å². The highest BCUT2D eigenvalue weighted by Crippen LogP contribution is 2.21. The molecule has 0 fully saturated rings. The third-order valence-corrected chi connectivity index (χ3v) is 3.63. The maximum atomic E-state index is 10.8. The quantitative estimate of drug-likeness (QED) is 0.939. The molecule has 1 aromatic heterocycles. The second kappa shape index (κ2) is 5.12. The zero-order chi connectivity index (χ0) is 13.3. The summed E-state index contributed by atoms with van der Waals surface area (Å²) in [7, 11) is 0. The van der Waals surface area contributed by atoms with Crippen LogP contribution in [-0.2, 0) is 6.54 Å². The van der Waals surface area contributed by atoms with Crippen LogP contribution in [0.2, 0.25) is 5.02 Å². The van der Waals surface area contributed by atoms with Crippen molar-refractivity contribution in [1.29, 1.82) is 0 Å². The molecule has 1 N–H and O–H groups in total. The van der Waals surface area contributed by atoms with Crippen LogP contribution in [0.5, 0.6) is 0 Å². The monoisotopic (exact) mass is 328 g/mol. The standard InChI is InChI=1S/C12H10BrClN2O2/c1-7-11(14)6-16(15-7)5-9-3-2-8(12(17)18)4-10(9)13/h2-4,6H,5H2,1H3,(H,17,18). The highest BCUT2D eigenvalue weighted by Gasteiger charge is 2.08. The van der Waals surface area contributed by atoms with Crippen LogP contribution in [0.4, 0.5) is 0 Å². The van der Waals surface area contributed by atoms with Gasteiger partial charge in [0.25, 0.3) is 0 Å². The molecule has 0 saturated carbocycles. The molecule has 94 valence electrons. The minimum atomic E-state index is -0.944. The van der Waals surface area contributed by atoms with Gasteiger partial charge in [0.15, 0.2) is 0 Å². The number of aryl methyl sites for hydroxylation is 1. The molecule has 0 aliphatic carbocycles. The number of aromatic nitrogens is 2. The number of nitrogens with zero attached hydrogens (tertiary/aromatic N) is 2. The van der Waals surface area contributed by atoms with Gasteiger partial charge in [0, 0.05) is 10.7 Å². The molecule has 2 rings (SSSR count). The fourth-order valence-electron chi connectivity index (χ4n) is 1.56. The summed E-state index contributed by atoms with van der Waals surface area (Å²) in [6.45, 7) is 2.37. The van der Waals surface area contributed by atoms with Crippen LogP contribution in [-0.4, -0.2) is 20.9 Å². The Hall–Kier alpha value is -1.33. The first-order valence-electron chi connectivity index (χ1n) is 5.18. The fourth-order valence-corrected chi connectivity index (χ4v) is 2.21. The first-order chi connectivity index (χ1) is 8.47. The van der Waals surface area contributed by atoms with Crippen molar-refractivity contribution in [1.82, 2.24) is 9.78 Å². The van der Waals surface area contributed by atoms with E-state index in [9.17, 15) is 4.79 Å². The topological polar surface area (TPSA) is 55.1 Å². The highest BCUT2D eigenvalue weighted by molar-refractivity contribution is 9.10. The first kappa shape index (κ1) is 13.1. The van der Waals surface area contributed by atoms with E-state index in [-0.39, 0.29) is 5.56 Å². The molecule has 0 aliphatic heterocycles. The van der Waals surface area contributed by atoms with Crippen molar-refractivity contribution >= 4 is 33.5 Å². The summed E-state index contributed by atoms with van der Waals surface area (Å²) in [5, 5.41) is 13.7. The lowest BCUT2D eigenvalue weighted by molar-refractivity contribution is 0.0697. The third kappa shape index (κ3) is 2.73. The Bertz CT molecular complexity index is 591. The van der Waals surface area contributed by atoms with Crippen molar-refractivity contribution in [3.8, 4) is 0 Å². The maximum Gasteiger partial charge on any atom is 0.335 e. The number of aromatic carboxylic acids is 1. The van der Waals surface area contributed by atoms with Gasteiger partial charge < -0.3 is 5.11 Å². The van der Waals surface area contributed by atoms with Gasteiger partial charge in [-0.15, -0.1) is 0 Å². The molecule has 0 atom stereocenters. The Labute approximate surface area is 117 Å². The summed E-state index contributed by atoms with van der Waals surface area (Å²) in [6, 6.07) is 4.91. The van der Waals surface area contributed by atoms with Gasteiger partial charge in [0.1, 0.15) is 0 Å². The molecule has 1 aromatic carbocycles. The Kier molecular flexibility index (Phi) is 3.73. The minimum absolute atomic E-state index is 0.250. The number of hydrogen-bond donors (Lipinski definition) is 1. The molecular weight excluding hydrogens is 320 g/mol. The lowest BCUT2D eigenvalue weighted by Crippen LogP contribution is -2.03. The zero-order valence-corrected chi connectivity index (χ0v) is 11.9. The minimum Gasteiger partial charge on any atom is -0.478 e. The molecule has 0 aliphatic rings. The van der Waals surface area contributed by atoms with Gasteiger partial charge in [-0.1, -0.05) is 33.6 Å². The van der Waals surface area contributed by atoms with Crippen LogP contribution in [0.3, 0.4) is 0 Å². The highest BCUT2D eigenvalue weighted by atomic mass is 79.9. The van der Waals surface area contributed by atoms with E-state index in [1.165, 1.54) is 0 Å². The van der Waals surface area contributed by atoms with Crippen molar-refractivity contribution in [2.24, 2.45) is 0 Å². The number of carboxylic acid groups (broad SMARTS) is 1. The van der Waals surface area contributed by atoms with Gasteiger partial charge in [-0.25, -0.2) is 4.79 Å². The molecule has 2 aromatic rings. The average molecular weight is 330 g/mol. The summed E-state index contributed by atoms with van der Waals surface area (Å²) in [6.07, 6.45) is 1.74. The summed E-state index contributed by atoms with van der Waals surface area (Å²) in [5.74, 6) is -0.944. The van der Waals surface area contributed by atoms with Crippen molar-refractivity contribution in [3.05, 3.63) is 50.7 Å². The van der Waals surface area contributed by atoms with E-state index in [1.807, 2.05) is 6.92 Å². The van der Waals surface area contributed by atoms with E-state index in [1.54, 1.807) is 29.1 Å². The Morgan fingerprint density at radius 2 is 2.28 bits per heavy atom. The van der Waals surface area contributed by atoms with Gasteiger partial charge in [0.05, 0.1) is 22.8 Å². The van der Waals surface area contributed by atoms with E-state index >= 15 is 0 Å². The smallest absolute Gasteiger partial charge is 0.335 e. The molecule has 0 saturated heterocycles. The van der Waals surface area contributed by atoms with Crippen LogP contribution in [0.15, 0.2) is 28.9 Å². The van der Waals surface area contributed by atoms with Crippen LogP contribution in [0.1, 0.15) is 21.6 Å². The number of hydrogen-bond acceptors (Lipinski definition) is 2. The SMILES string of the molecule is Cc1nn(Cc2ccc(C(=O)O)cc2Br)cc1Cl. The van der Waals surface area contributed by atoms with Crippen molar-refractivity contribution in [3.63, 3.8) is 0 Å². The van der Waals surface area contributed by atoms with Gasteiger partial charge in [-0.2, -0.15) is 5.10 Å². The van der Waals surface area contributed by atoms with E-state index < -0.39 is 5.97 Å². The van der Waals surface area contributed by atoms with Gasteiger partial charge in [-0.05, 0) is 24.6 Å². The number of rotatable bonds is 3. The van der Waals surface area contributed by atoms with Crippen molar-refractivity contribution < 1.29 is 9.90 Å². The van der Waals surface area contributed by atoms with Gasteiger partial charge >= 0.3 is 5.97 Å². The molecule has 0 spiro atoms. The van der Waals surface area contributed by atoms with Crippen LogP contribution < -0.4 is 0 Å². The molecule has 18 heavy (non-hydrogen) atoms. The van der Waals surface area contributed by atoms with Gasteiger partial charge in [-0.3, -0.25) is 4.68 Å². The Morgan fingerprint density at radius 3 is 2.78 bits per heavy atom. The van der Waals surface area contributed by atoms with Crippen molar-refractivity contribution in [2.75, 3.05) is 0 Å². The Balaban J connectivity index is 2.27. The molecule has 6 heteroatoms. The first-order valence-corrected chi connectivity index (χ1v) is 6.35. The normalized spacial score (nSPS) is 10.6. The summed E-state index contributed by atoms with van der Waals surface area (Å²) < 4.78 is 2.46. The second-order valence-electron chi connectivity index (χ2n) is 3.87. The van der Waals surface area contributed by atoms with E-state index in [0.29, 0.717) is 11.6 Å². The van der Waals surface area contributed by atoms with Crippen LogP contribution in [0, 0.1) is 6.92 Å². The largest absolute Gasteiger partial charge is 0.478 e. The van der Waals surface area contributed by atoms with E-state index in [0.717, 1.165) is 15.7 Å². The van der Waals surface area contributed by atoms with Crippen molar-refractivity contribution in [2.45, 2.75) is 13.5 Å². The molecule has 0 bridgehead atoms. The van der Waals surface area contributed by atoms with E-state index in [2.05, 4.69) is 21.0 Å². The molecule has 0 amide bonds. The predicted octanol–water partition coefficient (Wildman–Crippen LogP) is 3.35. The zero-order valence-electron chi connectivity index (χ0n) is 9.52. The lowest BCUT2D eigenvalue weighted by atomic mass is 10.1. The second-order valence-corrected chi connectivity index (χ2v) is 5.13. The fraction of sp³-hybridized carbons (Fsp3) is 0.167. The average Bonchev–Trinajstić information content (AvgIpc) is 2.61. The molecular formula is C12H10BrClN2O2. The molecule has 1 heterocycles. The number of benzene rings is 1. The Morgan fingerprint density at radius 1 is 1.56 bits per heavy atom. The lowest BCUT2D eigenvalue weighted by Gasteiger charge is -2.05. The molecule has 4 nitrogen and oxygen atoms in total. The third-order valence-electron chi connectivity index (χ3n) is 2.52. The van der Waals surface area contributed by atoms with Crippen LogP contribution in [0.25, 0.3) is 0 Å². The van der Waals surface area contributed by atoms with E-state index in [4.69, 9.17) is 16.7 Å². The van der Waals surface area contributed by atoms with Crippen LogP contribution >= 0.6 is 27.5 Å². The number of halogens is 2. The maximum absolute atomic E-state index is 10.8. The molecule has 0 radical (unpaired) electrons. The number of carboxylic acids is 1. The summed E-state index contributed by atoms with van der Waals surface area (Å²) in [5.41, 5.74) is 1.97. The summed E-state index contributed by atoms with van der Waals surface area (Å²) >= 11 is 9.29. The predicted molar refractivity (Wildman–Crippen MR) is 72.2 cm³/mol.